The second-order valence-corrected chi connectivity index (χ2v) is 4.45. The van der Waals surface area contributed by atoms with Crippen LogP contribution in [0.3, 0.4) is 0 Å². The van der Waals surface area contributed by atoms with Crippen molar-refractivity contribution in [2.45, 2.75) is 20.3 Å². The van der Waals surface area contributed by atoms with Gasteiger partial charge in [0.05, 0.1) is 4.99 Å². The summed E-state index contributed by atoms with van der Waals surface area (Å²) in [5, 5.41) is 0. The summed E-state index contributed by atoms with van der Waals surface area (Å²) in [6.07, 6.45) is 0.870. The Morgan fingerprint density at radius 2 is 1.92 bits per heavy atom. The molecule has 0 spiro atoms. The van der Waals surface area contributed by atoms with Crippen LogP contribution in [0, 0.1) is 11.8 Å². The first-order valence-electron chi connectivity index (χ1n) is 4.60. The molecule has 0 amide bonds. The summed E-state index contributed by atoms with van der Waals surface area (Å²) in [6, 6.07) is 0. The van der Waals surface area contributed by atoms with Crippen molar-refractivity contribution < 1.29 is 0 Å². The van der Waals surface area contributed by atoms with E-state index in [0.29, 0.717) is 4.99 Å². The van der Waals surface area contributed by atoms with Crippen molar-refractivity contribution in [2.24, 2.45) is 17.6 Å². The summed E-state index contributed by atoms with van der Waals surface area (Å²) in [5.74, 6) is 1.66. The Labute approximate surface area is 80.1 Å². The standard InChI is InChI=1S/C9H18N2S/c1-7-5-11(6-8(7)2)4-3-9(10)12/h7-8H,3-6H2,1-2H3,(H2,10,12). The lowest BCUT2D eigenvalue weighted by molar-refractivity contribution is 0.334. The van der Waals surface area contributed by atoms with Crippen LogP contribution < -0.4 is 5.73 Å². The maximum absolute atomic E-state index is 5.44. The maximum Gasteiger partial charge on any atom is 0.0740 e. The average molecular weight is 186 g/mol. The lowest BCUT2D eigenvalue weighted by Crippen LogP contribution is -2.25. The quantitative estimate of drug-likeness (QED) is 0.673. The second kappa shape index (κ2) is 4.19. The van der Waals surface area contributed by atoms with Gasteiger partial charge in [-0.05, 0) is 11.8 Å². The molecule has 12 heavy (non-hydrogen) atoms. The van der Waals surface area contributed by atoms with Gasteiger partial charge in [-0.3, -0.25) is 0 Å². The van der Waals surface area contributed by atoms with Gasteiger partial charge < -0.3 is 10.6 Å². The Hall–Kier alpha value is -0.150. The fourth-order valence-electron chi connectivity index (χ4n) is 1.70. The first-order valence-corrected chi connectivity index (χ1v) is 5.01. The van der Waals surface area contributed by atoms with Gasteiger partial charge in [0.15, 0.2) is 0 Å². The molecule has 2 N–H and O–H groups in total. The lowest BCUT2D eigenvalue weighted by atomic mass is 10.0. The van der Waals surface area contributed by atoms with Gasteiger partial charge in [0.1, 0.15) is 0 Å². The molecule has 70 valence electrons. The highest BCUT2D eigenvalue weighted by molar-refractivity contribution is 7.80. The number of thiocarbonyl (C=S) groups is 1. The molecule has 0 aromatic heterocycles. The van der Waals surface area contributed by atoms with E-state index in [0.717, 1.165) is 24.8 Å². The van der Waals surface area contributed by atoms with Crippen molar-refractivity contribution in [2.75, 3.05) is 19.6 Å². The zero-order chi connectivity index (χ0) is 9.14. The van der Waals surface area contributed by atoms with E-state index in [9.17, 15) is 0 Å². The molecule has 0 aromatic carbocycles. The number of likely N-dealkylation sites (tertiary alicyclic amines) is 1. The molecule has 0 aliphatic carbocycles. The summed E-state index contributed by atoms with van der Waals surface area (Å²) < 4.78 is 0. The van der Waals surface area contributed by atoms with Crippen molar-refractivity contribution >= 4 is 17.2 Å². The van der Waals surface area contributed by atoms with Crippen LogP contribution in [0.2, 0.25) is 0 Å². The fourth-order valence-corrected chi connectivity index (χ4v) is 1.79. The van der Waals surface area contributed by atoms with Crippen molar-refractivity contribution in [3.05, 3.63) is 0 Å². The third kappa shape index (κ3) is 2.72. The lowest BCUT2D eigenvalue weighted by Gasteiger charge is -2.13. The van der Waals surface area contributed by atoms with Crippen molar-refractivity contribution in [1.29, 1.82) is 0 Å². The van der Waals surface area contributed by atoms with Crippen LogP contribution in [-0.4, -0.2) is 29.5 Å². The highest BCUT2D eigenvalue weighted by Crippen LogP contribution is 2.21. The number of hydrogen-bond acceptors (Lipinski definition) is 2. The van der Waals surface area contributed by atoms with E-state index in [1.807, 2.05) is 0 Å². The fraction of sp³-hybridized carbons (Fsp3) is 0.889. The van der Waals surface area contributed by atoms with Crippen LogP contribution in [0.4, 0.5) is 0 Å². The van der Waals surface area contributed by atoms with E-state index in [1.165, 1.54) is 13.1 Å². The third-order valence-electron chi connectivity index (χ3n) is 2.74. The topological polar surface area (TPSA) is 29.3 Å². The predicted octanol–water partition coefficient (Wildman–Crippen LogP) is 1.25. The first-order chi connectivity index (χ1) is 5.59. The summed E-state index contributed by atoms with van der Waals surface area (Å²) in [7, 11) is 0. The molecule has 0 saturated carbocycles. The van der Waals surface area contributed by atoms with E-state index in [1.54, 1.807) is 0 Å². The van der Waals surface area contributed by atoms with Crippen molar-refractivity contribution in [3.63, 3.8) is 0 Å². The van der Waals surface area contributed by atoms with E-state index in [2.05, 4.69) is 18.7 Å². The number of nitrogens with two attached hydrogens (primary N) is 1. The molecule has 1 aliphatic heterocycles. The Morgan fingerprint density at radius 1 is 1.42 bits per heavy atom. The van der Waals surface area contributed by atoms with E-state index in [-0.39, 0.29) is 0 Å². The van der Waals surface area contributed by atoms with Gasteiger partial charge in [0.2, 0.25) is 0 Å². The van der Waals surface area contributed by atoms with Gasteiger partial charge in [0.25, 0.3) is 0 Å². The second-order valence-electron chi connectivity index (χ2n) is 3.93. The van der Waals surface area contributed by atoms with E-state index in [4.69, 9.17) is 18.0 Å². The summed E-state index contributed by atoms with van der Waals surface area (Å²) >= 11 is 4.84. The first kappa shape index (κ1) is 9.93. The number of nitrogens with zero attached hydrogens (tertiary/aromatic N) is 1. The molecule has 2 atom stereocenters. The highest BCUT2D eigenvalue weighted by atomic mass is 32.1. The Balaban J connectivity index is 2.23. The van der Waals surface area contributed by atoms with Gasteiger partial charge in [-0.2, -0.15) is 0 Å². The molecule has 0 radical (unpaired) electrons. The summed E-state index contributed by atoms with van der Waals surface area (Å²) in [6.45, 7) is 8.09. The minimum absolute atomic E-state index is 0.641. The summed E-state index contributed by atoms with van der Waals surface area (Å²) in [5.41, 5.74) is 5.44. The Kier molecular flexibility index (Phi) is 3.47. The zero-order valence-electron chi connectivity index (χ0n) is 7.92. The molecule has 2 nitrogen and oxygen atoms in total. The van der Waals surface area contributed by atoms with Crippen LogP contribution in [0.25, 0.3) is 0 Å². The van der Waals surface area contributed by atoms with E-state index < -0.39 is 0 Å². The molecular formula is C9H18N2S. The van der Waals surface area contributed by atoms with Gasteiger partial charge in [-0.15, -0.1) is 0 Å². The monoisotopic (exact) mass is 186 g/mol. The number of hydrogen-bond donors (Lipinski definition) is 1. The predicted molar refractivity (Wildman–Crippen MR) is 56.2 cm³/mol. The molecule has 3 heteroatoms. The Bertz CT molecular complexity index is 160. The van der Waals surface area contributed by atoms with Crippen LogP contribution in [0.15, 0.2) is 0 Å². The normalized spacial score (nSPS) is 30.8. The molecule has 1 saturated heterocycles. The van der Waals surface area contributed by atoms with Crippen molar-refractivity contribution in [1.82, 2.24) is 4.90 Å². The van der Waals surface area contributed by atoms with Gasteiger partial charge in [-0.25, -0.2) is 0 Å². The highest BCUT2D eigenvalue weighted by Gasteiger charge is 2.25. The molecular weight excluding hydrogens is 168 g/mol. The average Bonchev–Trinajstić information content (AvgIpc) is 2.28. The van der Waals surface area contributed by atoms with Crippen LogP contribution in [0.1, 0.15) is 20.3 Å². The number of rotatable bonds is 3. The van der Waals surface area contributed by atoms with Crippen LogP contribution >= 0.6 is 12.2 Å². The van der Waals surface area contributed by atoms with Gasteiger partial charge >= 0.3 is 0 Å². The van der Waals surface area contributed by atoms with Gasteiger partial charge in [0, 0.05) is 26.1 Å². The molecule has 2 unspecified atom stereocenters. The SMILES string of the molecule is CC1CN(CCC(N)=S)CC1C. The van der Waals surface area contributed by atoms with E-state index >= 15 is 0 Å². The maximum atomic E-state index is 5.44. The van der Waals surface area contributed by atoms with Crippen LogP contribution in [-0.2, 0) is 0 Å². The molecule has 1 fully saturated rings. The molecule has 1 aliphatic rings. The van der Waals surface area contributed by atoms with Crippen molar-refractivity contribution in [3.8, 4) is 0 Å². The Morgan fingerprint density at radius 3 is 2.33 bits per heavy atom. The third-order valence-corrected chi connectivity index (χ3v) is 2.94. The molecule has 1 heterocycles. The smallest absolute Gasteiger partial charge is 0.0740 e. The van der Waals surface area contributed by atoms with Gasteiger partial charge in [-0.1, -0.05) is 26.1 Å². The molecule has 0 aromatic rings. The minimum Gasteiger partial charge on any atom is -0.393 e. The molecule has 1 rings (SSSR count). The minimum atomic E-state index is 0.641. The zero-order valence-corrected chi connectivity index (χ0v) is 8.73. The summed E-state index contributed by atoms with van der Waals surface area (Å²) in [4.78, 5) is 3.09. The molecule has 0 bridgehead atoms. The van der Waals surface area contributed by atoms with Crippen LogP contribution in [0.5, 0.6) is 0 Å². The largest absolute Gasteiger partial charge is 0.393 e.